The molecule has 36 heavy (non-hydrogen) atoms. The first-order valence-electron chi connectivity index (χ1n) is 9.59. The second-order valence-electron chi connectivity index (χ2n) is 7.27. The topological polar surface area (TPSA) is 90.4 Å². The highest BCUT2D eigenvalue weighted by molar-refractivity contribution is 6.32. The van der Waals surface area contributed by atoms with Gasteiger partial charge in [0.2, 0.25) is 0 Å². The van der Waals surface area contributed by atoms with E-state index in [0.29, 0.717) is 24.5 Å². The molecule has 0 aromatic carbocycles. The number of hydrogen-bond acceptors (Lipinski definition) is 7. The average Bonchev–Trinajstić information content (AvgIpc) is 2.76. The number of hydrogen-bond donors (Lipinski definition) is 1. The maximum atomic E-state index is 12.7. The van der Waals surface area contributed by atoms with Gasteiger partial charge in [-0.3, -0.25) is 0 Å². The predicted molar refractivity (Wildman–Crippen MR) is 108 cm³/mol. The summed E-state index contributed by atoms with van der Waals surface area (Å²) in [4.78, 5) is 29.3. The van der Waals surface area contributed by atoms with Crippen molar-refractivity contribution >= 4 is 29.4 Å². The third-order valence-corrected chi connectivity index (χ3v) is 4.92. The van der Waals surface area contributed by atoms with Gasteiger partial charge < -0.3 is 14.8 Å². The van der Waals surface area contributed by atoms with Gasteiger partial charge in [0.1, 0.15) is 16.5 Å². The van der Waals surface area contributed by atoms with E-state index in [1.165, 1.54) is 0 Å². The maximum Gasteiger partial charge on any atom is 0.417 e. The summed E-state index contributed by atoms with van der Waals surface area (Å²) in [6, 6.07) is 0.534. The number of esters is 2. The summed E-state index contributed by atoms with van der Waals surface area (Å²) in [5.74, 6) is -4.98. The van der Waals surface area contributed by atoms with Crippen LogP contribution in [-0.2, 0) is 21.8 Å². The van der Waals surface area contributed by atoms with E-state index in [1.54, 1.807) is 0 Å². The molecule has 16 heteroatoms. The number of anilines is 1. The number of halogens is 9. The van der Waals surface area contributed by atoms with Crippen LogP contribution in [0.3, 0.4) is 0 Å². The van der Waals surface area contributed by atoms with Gasteiger partial charge in [0.05, 0.1) is 30.9 Å². The number of nitrogens with one attached hydrogen (secondary N) is 1. The summed E-state index contributed by atoms with van der Waals surface area (Å²) in [5.41, 5.74) is -3.02. The van der Waals surface area contributed by atoms with Gasteiger partial charge in [-0.1, -0.05) is 11.6 Å². The molecule has 0 spiro atoms. The molecule has 1 saturated carbocycles. The van der Waals surface area contributed by atoms with Crippen molar-refractivity contribution in [1.29, 1.82) is 0 Å². The minimum Gasteiger partial charge on any atom is -0.465 e. The molecule has 7 nitrogen and oxygen atoms in total. The molecule has 0 radical (unpaired) electrons. The van der Waals surface area contributed by atoms with Crippen LogP contribution in [0.5, 0.6) is 0 Å². The average molecular weight is 550 g/mol. The van der Waals surface area contributed by atoms with Crippen LogP contribution in [-0.4, -0.2) is 48.1 Å². The molecule has 198 valence electrons. The number of carbonyl (C=O) groups excluding carboxylic acids is 2. The minimum absolute atomic E-state index is 0.199. The minimum atomic E-state index is -4.67. The molecule has 1 fully saturated rings. The van der Waals surface area contributed by atoms with Gasteiger partial charge in [0, 0.05) is 31.3 Å². The molecule has 0 atom stereocenters. The zero-order valence-corrected chi connectivity index (χ0v) is 19.0. The van der Waals surface area contributed by atoms with Crippen molar-refractivity contribution in [1.82, 2.24) is 9.97 Å². The smallest absolute Gasteiger partial charge is 0.417 e. The van der Waals surface area contributed by atoms with Gasteiger partial charge in [-0.15, -0.1) is 0 Å². The van der Waals surface area contributed by atoms with Gasteiger partial charge in [0.25, 0.3) is 5.92 Å². The number of rotatable bonds is 4. The molecule has 1 aliphatic carbocycles. The lowest BCUT2D eigenvalue weighted by Gasteiger charge is -2.35. The Bertz CT molecular complexity index is 1120. The normalized spacial score (nSPS) is 15.2. The molecule has 0 aliphatic heterocycles. The van der Waals surface area contributed by atoms with Crippen molar-refractivity contribution in [3.05, 3.63) is 51.9 Å². The van der Waals surface area contributed by atoms with Crippen LogP contribution >= 0.6 is 11.6 Å². The highest BCUT2D eigenvalue weighted by Crippen LogP contribution is 2.39. The highest BCUT2D eigenvalue weighted by Gasteiger charge is 2.46. The third kappa shape index (κ3) is 7.38. The van der Waals surface area contributed by atoms with Crippen LogP contribution < -0.4 is 5.32 Å². The van der Waals surface area contributed by atoms with Crippen LogP contribution in [0.25, 0.3) is 0 Å². The molecule has 1 N–H and O–H groups in total. The van der Waals surface area contributed by atoms with Gasteiger partial charge in [-0.2, -0.15) is 26.3 Å². The first-order chi connectivity index (χ1) is 16.5. The number of pyridine rings is 2. The lowest BCUT2D eigenvalue weighted by molar-refractivity contribution is -0.138. The monoisotopic (exact) mass is 549 g/mol. The zero-order valence-electron chi connectivity index (χ0n) is 18.2. The molecular formula is C20H16ClF8N3O4. The quantitative estimate of drug-likeness (QED) is 0.300. The highest BCUT2D eigenvalue weighted by atomic mass is 35.5. The Morgan fingerprint density at radius 1 is 0.917 bits per heavy atom. The van der Waals surface area contributed by atoms with E-state index >= 15 is 0 Å². The van der Waals surface area contributed by atoms with Crippen molar-refractivity contribution < 1.29 is 54.2 Å². The molecule has 2 heterocycles. The maximum absolute atomic E-state index is 12.7. The van der Waals surface area contributed by atoms with Gasteiger partial charge in [0.15, 0.2) is 0 Å². The van der Waals surface area contributed by atoms with Crippen LogP contribution in [0.1, 0.15) is 44.7 Å². The lowest BCUT2D eigenvalue weighted by Crippen LogP contribution is -2.44. The molecule has 0 saturated heterocycles. The fourth-order valence-corrected chi connectivity index (χ4v) is 2.99. The van der Waals surface area contributed by atoms with E-state index in [1.807, 2.05) is 0 Å². The van der Waals surface area contributed by atoms with E-state index < -0.39 is 71.4 Å². The van der Waals surface area contributed by atoms with Crippen molar-refractivity contribution in [2.75, 3.05) is 19.5 Å². The summed E-state index contributed by atoms with van der Waals surface area (Å²) in [6.07, 6.45) is -9.08. The number of methoxy groups -OCH3 is 2. The largest absolute Gasteiger partial charge is 0.465 e. The van der Waals surface area contributed by atoms with Crippen molar-refractivity contribution in [2.45, 2.75) is 37.2 Å². The number of ether oxygens (including phenoxy) is 2. The Morgan fingerprint density at radius 2 is 1.36 bits per heavy atom. The molecular weight excluding hydrogens is 534 g/mol. The van der Waals surface area contributed by atoms with Crippen molar-refractivity contribution in [3.63, 3.8) is 0 Å². The molecule has 2 aromatic heterocycles. The second-order valence-corrected chi connectivity index (χ2v) is 7.62. The van der Waals surface area contributed by atoms with E-state index in [0.717, 1.165) is 14.2 Å². The summed E-state index contributed by atoms with van der Waals surface area (Å²) in [5, 5.41) is 2.21. The van der Waals surface area contributed by atoms with Crippen LogP contribution in [0, 0.1) is 0 Å². The number of alkyl halides is 8. The number of carbonyl (C=O) groups is 2. The number of nitrogens with zero attached hydrogens (tertiary/aromatic N) is 2. The van der Waals surface area contributed by atoms with Crippen molar-refractivity contribution in [2.24, 2.45) is 0 Å². The molecule has 1 aliphatic rings. The first-order valence-corrected chi connectivity index (χ1v) is 9.97. The molecule has 3 rings (SSSR count). The second kappa shape index (κ2) is 10.8. The van der Waals surface area contributed by atoms with E-state index in [4.69, 9.17) is 11.6 Å². The van der Waals surface area contributed by atoms with Crippen molar-refractivity contribution in [3.8, 4) is 0 Å². The summed E-state index contributed by atoms with van der Waals surface area (Å²) in [6.45, 7) is 0. The number of aromatic nitrogens is 2. The third-order valence-electron chi connectivity index (χ3n) is 4.62. The Kier molecular flexibility index (Phi) is 8.70. The van der Waals surface area contributed by atoms with Crippen LogP contribution in [0.4, 0.5) is 40.9 Å². The summed E-state index contributed by atoms with van der Waals surface area (Å²) in [7, 11) is 2.04. The van der Waals surface area contributed by atoms with E-state index in [2.05, 4.69) is 24.8 Å². The van der Waals surface area contributed by atoms with Gasteiger partial charge >= 0.3 is 24.3 Å². The van der Waals surface area contributed by atoms with E-state index in [-0.39, 0.29) is 11.0 Å². The molecule has 0 unspecified atom stereocenters. The Morgan fingerprint density at radius 3 is 1.81 bits per heavy atom. The molecule has 0 amide bonds. The Hall–Kier alpha value is -3.23. The standard InChI is InChI=1S/C12H11F5N2O2.C8H5ClF3NO2/c1-21-10(20)8-2-6(12(15,16)17)5-18-9(8)19-7-3-11(13,14)4-7;1-15-7(14)5-2-4(8(10,11)12)3-13-6(5)9/h2,5,7H,3-4H2,1H3,(H,18,19);2-3H,1H3. The van der Waals surface area contributed by atoms with Crippen LogP contribution in [0.15, 0.2) is 24.5 Å². The molecule has 2 aromatic rings. The first kappa shape index (κ1) is 29.0. The SMILES string of the molecule is COC(=O)c1cc(C(F)(F)F)cnc1Cl.COC(=O)c1cc(C(F)(F)F)cnc1NC1CC(F)(F)C1. The predicted octanol–water partition coefficient (Wildman–Crippen LogP) is 5.64. The fourth-order valence-electron chi connectivity index (χ4n) is 2.81. The van der Waals surface area contributed by atoms with Gasteiger partial charge in [-0.25, -0.2) is 28.3 Å². The summed E-state index contributed by atoms with van der Waals surface area (Å²) >= 11 is 5.44. The van der Waals surface area contributed by atoms with Crippen LogP contribution in [0.2, 0.25) is 5.15 Å². The van der Waals surface area contributed by atoms with Gasteiger partial charge in [-0.05, 0) is 12.1 Å². The fraction of sp³-hybridized carbons (Fsp3) is 0.400. The Labute approximate surface area is 202 Å². The zero-order chi connectivity index (χ0) is 27.5. The van der Waals surface area contributed by atoms with E-state index in [9.17, 15) is 44.7 Å². The Balaban J connectivity index is 0.000000269. The molecule has 0 bridgehead atoms. The lowest BCUT2D eigenvalue weighted by atomic mass is 9.88. The summed E-state index contributed by atoms with van der Waals surface area (Å²) < 4.78 is 109.